The summed E-state index contributed by atoms with van der Waals surface area (Å²) in [5.74, 6) is 0.652. The van der Waals surface area contributed by atoms with Crippen molar-refractivity contribution < 1.29 is 17.3 Å². The minimum Gasteiger partial charge on any atom is -0.497 e. The summed E-state index contributed by atoms with van der Waals surface area (Å²) in [5, 5.41) is 0. The zero-order valence-electron chi connectivity index (χ0n) is 11.9. The first-order valence-electron chi connectivity index (χ1n) is 6.27. The van der Waals surface area contributed by atoms with Gasteiger partial charge in [-0.05, 0) is 31.2 Å². The third-order valence-electron chi connectivity index (χ3n) is 2.91. The molecule has 0 saturated heterocycles. The third kappa shape index (κ3) is 3.64. The van der Waals surface area contributed by atoms with Crippen LogP contribution in [0.1, 0.15) is 11.1 Å². The molecule has 0 saturated carbocycles. The number of rotatable bonds is 5. The molecule has 0 radical (unpaired) electrons. The average molecular weight is 304 g/mol. The first-order chi connectivity index (χ1) is 9.92. The van der Waals surface area contributed by atoms with Crippen molar-refractivity contribution in [1.82, 2.24) is 0 Å². The molecule has 0 N–H and O–H groups in total. The van der Waals surface area contributed by atoms with E-state index < -0.39 is 10.1 Å². The van der Waals surface area contributed by atoms with Gasteiger partial charge in [-0.25, -0.2) is 0 Å². The lowest BCUT2D eigenvalue weighted by atomic mass is 10.2. The van der Waals surface area contributed by atoms with Crippen molar-refractivity contribution in [2.24, 2.45) is 0 Å². The van der Waals surface area contributed by atoms with Gasteiger partial charge in [-0.1, -0.05) is 36.4 Å². The van der Waals surface area contributed by atoms with E-state index in [-0.39, 0.29) is 10.7 Å². The third-order valence-corrected chi connectivity index (χ3v) is 4.18. The molecule has 0 fully saturated rings. The van der Waals surface area contributed by atoms with Gasteiger partial charge in [0, 0.05) is 5.56 Å². The maximum atomic E-state index is 12.2. The fourth-order valence-corrected chi connectivity index (χ4v) is 2.66. The fraction of sp³-hybridized carbons (Fsp3) is 0.125. The maximum absolute atomic E-state index is 12.2. The van der Waals surface area contributed by atoms with Crippen molar-refractivity contribution in [2.75, 3.05) is 7.11 Å². The van der Waals surface area contributed by atoms with Crippen LogP contribution in [0.4, 0.5) is 0 Å². The van der Waals surface area contributed by atoms with Gasteiger partial charge in [0.15, 0.2) is 0 Å². The first-order valence-corrected chi connectivity index (χ1v) is 7.68. The Morgan fingerprint density at radius 1 is 1.10 bits per heavy atom. The van der Waals surface area contributed by atoms with Crippen molar-refractivity contribution in [3.63, 3.8) is 0 Å². The van der Waals surface area contributed by atoms with Crippen LogP contribution in [0.25, 0.3) is 5.76 Å². The van der Waals surface area contributed by atoms with E-state index in [0.717, 1.165) is 5.56 Å². The summed E-state index contributed by atoms with van der Waals surface area (Å²) in [6.45, 7) is 5.55. The van der Waals surface area contributed by atoms with Gasteiger partial charge in [0.05, 0.1) is 7.11 Å². The van der Waals surface area contributed by atoms with E-state index in [2.05, 4.69) is 6.58 Å². The Labute approximate surface area is 124 Å². The van der Waals surface area contributed by atoms with Crippen LogP contribution in [0.2, 0.25) is 0 Å². The molecular formula is C16H16O4S. The topological polar surface area (TPSA) is 52.6 Å². The SMILES string of the molecule is C=C(OS(=O)(=O)c1ccc(C)cc1)c1cccc(OC)c1. The van der Waals surface area contributed by atoms with E-state index in [1.54, 1.807) is 36.4 Å². The lowest BCUT2D eigenvalue weighted by Crippen LogP contribution is -2.05. The molecule has 4 nitrogen and oxygen atoms in total. The first kappa shape index (κ1) is 15.1. The summed E-state index contributed by atoms with van der Waals surface area (Å²) in [7, 11) is -2.35. The van der Waals surface area contributed by atoms with Gasteiger partial charge < -0.3 is 8.92 Å². The van der Waals surface area contributed by atoms with Gasteiger partial charge in [0.2, 0.25) is 0 Å². The van der Waals surface area contributed by atoms with Crippen molar-refractivity contribution in [2.45, 2.75) is 11.8 Å². The molecule has 2 aromatic rings. The largest absolute Gasteiger partial charge is 0.497 e. The van der Waals surface area contributed by atoms with Crippen LogP contribution in [0.3, 0.4) is 0 Å². The zero-order chi connectivity index (χ0) is 15.5. The Hall–Kier alpha value is -2.27. The number of ether oxygens (including phenoxy) is 1. The molecule has 0 aliphatic carbocycles. The van der Waals surface area contributed by atoms with Crippen LogP contribution in [0, 0.1) is 6.92 Å². The van der Waals surface area contributed by atoms with Gasteiger partial charge in [-0.15, -0.1) is 0 Å². The van der Waals surface area contributed by atoms with Gasteiger partial charge >= 0.3 is 10.1 Å². The predicted octanol–water partition coefficient (Wildman–Crippen LogP) is 3.38. The molecule has 0 unspecified atom stereocenters. The summed E-state index contributed by atoms with van der Waals surface area (Å²) >= 11 is 0. The molecule has 0 amide bonds. The Kier molecular flexibility index (Phi) is 4.33. The van der Waals surface area contributed by atoms with Crippen LogP contribution in [-0.2, 0) is 14.3 Å². The molecule has 0 aromatic heterocycles. The Morgan fingerprint density at radius 3 is 2.38 bits per heavy atom. The molecule has 0 aliphatic heterocycles. The second-order valence-corrected chi connectivity index (χ2v) is 6.05. The summed E-state index contributed by atoms with van der Waals surface area (Å²) in [4.78, 5) is 0.0946. The Bertz CT molecular complexity index is 746. The quantitative estimate of drug-likeness (QED) is 0.627. The molecule has 2 rings (SSSR count). The van der Waals surface area contributed by atoms with E-state index in [9.17, 15) is 8.42 Å². The van der Waals surface area contributed by atoms with Crippen molar-refractivity contribution in [3.05, 3.63) is 66.2 Å². The molecule has 110 valence electrons. The van der Waals surface area contributed by atoms with E-state index >= 15 is 0 Å². The molecule has 5 heteroatoms. The Balaban J connectivity index is 2.23. The van der Waals surface area contributed by atoms with Crippen LogP contribution in [0.15, 0.2) is 60.0 Å². The van der Waals surface area contributed by atoms with Crippen LogP contribution in [0.5, 0.6) is 5.75 Å². The smallest absolute Gasteiger partial charge is 0.339 e. The molecule has 0 heterocycles. The van der Waals surface area contributed by atoms with Gasteiger partial charge in [0.25, 0.3) is 0 Å². The fourth-order valence-electron chi connectivity index (χ4n) is 1.73. The highest BCUT2D eigenvalue weighted by Gasteiger charge is 2.17. The average Bonchev–Trinajstić information content (AvgIpc) is 2.47. The van der Waals surface area contributed by atoms with Gasteiger partial charge in [-0.3, -0.25) is 0 Å². The number of benzene rings is 2. The number of hydrogen-bond donors (Lipinski definition) is 0. The number of methoxy groups -OCH3 is 1. The van der Waals surface area contributed by atoms with E-state index in [4.69, 9.17) is 8.92 Å². The summed E-state index contributed by atoms with van der Waals surface area (Å²) in [5.41, 5.74) is 1.52. The monoisotopic (exact) mass is 304 g/mol. The van der Waals surface area contributed by atoms with Gasteiger partial charge in [-0.2, -0.15) is 8.42 Å². The highest BCUT2D eigenvalue weighted by Crippen LogP contribution is 2.24. The Morgan fingerprint density at radius 2 is 1.76 bits per heavy atom. The van der Waals surface area contributed by atoms with E-state index in [0.29, 0.717) is 11.3 Å². The maximum Gasteiger partial charge on any atom is 0.339 e. The number of hydrogen-bond acceptors (Lipinski definition) is 4. The van der Waals surface area contributed by atoms with E-state index in [1.165, 1.54) is 19.2 Å². The van der Waals surface area contributed by atoms with Crippen LogP contribution >= 0.6 is 0 Å². The van der Waals surface area contributed by atoms with Crippen LogP contribution in [-0.4, -0.2) is 15.5 Å². The second-order valence-electron chi connectivity index (χ2n) is 4.51. The lowest BCUT2D eigenvalue weighted by Gasteiger charge is -2.10. The minimum absolute atomic E-state index is 0.0504. The highest BCUT2D eigenvalue weighted by atomic mass is 32.2. The van der Waals surface area contributed by atoms with E-state index in [1.807, 2.05) is 6.92 Å². The molecule has 2 aromatic carbocycles. The number of aryl methyl sites for hydroxylation is 1. The summed E-state index contributed by atoms with van der Waals surface area (Å²) in [6.07, 6.45) is 0. The zero-order valence-corrected chi connectivity index (χ0v) is 12.7. The molecule has 0 atom stereocenters. The summed E-state index contributed by atoms with van der Waals surface area (Å²) in [6, 6.07) is 13.3. The minimum atomic E-state index is -3.88. The molecule has 0 aliphatic rings. The molecule has 0 bridgehead atoms. The van der Waals surface area contributed by atoms with Crippen molar-refractivity contribution >= 4 is 15.9 Å². The second kappa shape index (κ2) is 6.01. The van der Waals surface area contributed by atoms with Crippen molar-refractivity contribution in [3.8, 4) is 5.75 Å². The predicted molar refractivity (Wildman–Crippen MR) is 81.5 cm³/mol. The normalized spacial score (nSPS) is 11.0. The standard InChI is InChI=1S/C16H16O4S/c1-12-7-9-16(10-8-12)21(17,18)20-13(2)14-5-4-6-15(11-14)19-3/h4-11H,2H2,1,3H3. The molecule has 0 spiro atoms. The van der Waals surface area contributed by atoms with Crippen LogP contribution < -0.4 is 4.74 Å². The molecular weight excluding hydrogens is 288 g/mol. The van der Waals surface area contributed by atoms with Gasteiger partial charge in [0.1, 0.15) is 16.4 Å². The van der Waals surface area contributed by atoms with Crippen molar-refractivity contribution in [1.29, 1.82) is 0 Å². The summed E-state index contributed by atoms with van der Waals surface area (Å²) < 4.78 is 34.5. The highest BCUT2D eigenvalue weighted by molar-refractivity contribution is 7.87. The molecule has 21 heavy (non-hydrogen) atoms. The lowest BCUT2D eigenvalue weighted by molar-refractivity contribution is 0.414.